The maximum Gasteiger partial charge on any atom is 0.306 e. The summed E-state index contributed by atoms with van der Waals surface area (Å²) in [4.78, 5) is 11.1. The average Bonchev–Trinajstić information content (AvgIpc) is 2.43. The van der Waals surface area contributed by atoms with Crippen molar-refractivity contribution in [2.45, 2.75) is 90.9 Å². The number of aliphatic carboxylic acids is 1. The summed E-state index contributed by atoms with van der Waals surface area (Å²) in [5.41, 5.74) is 0. The Kier molecular flexibility index (Phi) is 14.0. The van der Waals surface area contributed by atoms with E-state index in [1.807, 2.05) is 0 Å². The van der Waals surface area contributed by atoms with Crippen LogP contribution in [0, 0.1) is 5.92 Å². The molecular formula is C18H34O2. The van der Waals surface area contributed by atoms with E-state index in [9.17, 15) is 4.79 Å². The molecule has 0 radical (unpaired) electrons. The first-order valence-electron chi connectivity index (χ1n) is 8.60. The molecule has 0 aliphatic rings. The Morgan fingerprint density at radius 2 is 1.40 bits per heavy atom. The lowest BCUT2D eigenvalue weighted by molar-refractivity contribution is -0.142. The molecular weight excluding hydrogens is 248 g/mol. The molecule has 2 nitrogen and oxygen atoms in total. The quantitative estimate of drug-likeness (QED) is 0.315. The molecule has 0 bridgehead atoms. The first kappa shape index (κ1) is 19.2. The lowest BCUT2D eigenvalue weighted by Crippen LogP contribution is -2.13. The number of rotatable bonds is 14. The van der Waals surface area contributed by atoms with Crippen molar-refractivity contribution in [2.75, 3.05) is 0 Å². The van der Waals surface area contributed by atoms with Crippen molar-refractivity contribution < 1.29 is 9.90 Å². The van der Waals surface area contributed by atoms with Crippen molar-refractivity contribution in [2.24, 2.45) is 5.92 Å². The zero-order chi connectivity index (χ0) is 15.1. The second kappa shape index (κ2) is 14.6. The van der Waals surface area contributed by atoms with Gasteiger partial charge in [-0.25, -0.2) is 0 Å². The predicted octanol–water partition coefficient (Wildman–Crippen LogP) is 5.96. The van der Waals surface area contributed by atoms with Gasteiger partial charge in [0, 0.05) is 0 Å². The summed E-state index contributed by atoms with van der Waals surface area (Å²) in [6, 6.07) is 0. The van der Waals surface area contributed by atoms with Crippen molar-refractivity contribution in [1.29, 1.82) is 0 Å². The molecule has 1 N–H and O–H groups in total. The molecule has 0 aliphatic carbocycles. The Labute approximate surface area is 125 Å². The fourth-order valence-electron chi connectivity index (χ4n) is 2.42. The number of unbranched alkanes of at least 4 members (excludes halogenated alkanes) is 7. The minimum Gasteiger partial charge on any atom is -0.481 e. The Bertz CT molecular complexity index is 246. The maximum absolute atomic E-state index is 11.1. The molecule has 20 heavy (non-hydrogen) atoms. The van der Waals surface area contributed by atoms with Gasteiger partial charge in [0.25, 0.3) is 0 Å². The molecule has 0 saturated heterocycles. The third kappa shape index (κ3) is 12.3. The van der Waals surface area contributed by atoms with Gasteiger partial charge in [0.2, 0.25) is 0 Å². The van der Waals surface area contributed by atoms with Crippen LogP contribution in [0.4, 0.5) is 0 Å². The van der Waals surface area contributed by atoms with E-state index in [0.717, 1.165) is 44.9 Å². The van der Waals surface area contributed by atoms with Crippen LogP contribution in [0.1, 0.15) is 90.9 Å². The third-order valence-electron chi connectivity index (χ3n) is 3.82. The van der Waals surface area contributed by atoms with E-state index < -0.39 is 5.97 Å². The molecule has 0 aliphatic heterocycles. The summed E-state index contributed by atoms with van der Waals surface area (Å²) < 4.78 is 0. The van der Waals surface area contributed by atoms with Gasteiger partial charge in [0.05, 0.1) is 5.92 Å². The van der Waals surface area contributed by atoms with Crippen LogP contribution in [-0.4, -0.2) is 11.1 Å². The summed E-state index contributed by atoms with van der Waals surface area (Å²) in [6.45, 7) is 4.35. The number of carbonyl (C=O) groups is 1. The van der Waals surface area contributed by atoms with Gasteiger partial charge in [-0.3, -0.25) is 4.79 Å². The SMILES string of the molecule is CCCCCC/C=C\CCCC[C@@H](CCCC)C(=O)O. The number of allylic oxidation sites excluding steroid dienone is 2. The van der Waals surface area contributed by atoms with Gasteiger partial charge in [-0.1, -0.05) is 64.5 Å². The molecule has 0 rings (SSSR count). The van der Waals surface area contributed by atoms with Crippen LogP contribution in [0.15, 0.2) is 12.2 Å². The molecule has 0 spiro atoms. The number of carboxylic acids is 1. The van der Waals surface area contributed by atoms with E-state index in [1.54, 1.807) is 0 Å². The molecule has 0 aromatic carbocycles. The van der Waals surface area contributed by atoms with Crippen LogP contribution in [0.5, 0.6) is 0 Å². The predicted molar refractivity (Wildman–Crippen MR) is 87.0 cm³/mol. The van der Waals surface area contributed by atoms with Crippen LogP contribution in [0.2, 0.25) is 0 Å². The Morgan fingerprint density at radius 1 is 0.850 bits per heavy atom. The lowest BCUT2D eigenvalue weighted by Gasteiger charge is -2.10. The van der Waals surface area contributed by atoms with E-state index >= 15 is 0 Å². The highest BCUT2D eigenvalue weighted by molar-refractivity contribution is 5.69. The van der Waals surface area contributed by atoms with Crippen molar-refractivity contribution in [3.63, 3.8) is 0 Å². The summed E-state index contributed by atoms with van der Waals surface area (Å²) in [5.74, 6) is -0.724. The molecule has 0 aromatic heterocycles. The van der Waals surface area contributed by atoms with E-state index in [0.29, 0.717) is 0 Å². The molecule has 118 valence electrons. The van der Waals surface area contributed by atoms with Gasteiger partial charge in [-0.2, -0.15) is 0 Å². The van der Waals surface area contributed by atoms with Crippen molar-refractivity contribution in [3.05, 3.63) is 12.2 Å². The van der Waals surface area contributed by atoms with Gasteiger partial charge in [0.1, 0.15) is 0 Å². The first-order chi connectivity index (χ1) is 9.72. The molecule has 0 heterocycles. The van der Waals surface area contributed by atoms with E-state index in [1.165, 1.54) is 32.1 Å². The van der Waals surface area contributed by atoms with Gasteiger partial charge in [-0.15, -0.1) is 0 Å². The van der Waals surface area contributed by atoms with Crippen molar-refractivity contribution in [1.82, 2.24) is 0 Å². The fraction of sp³-hybridized carbons (Fsp3) is 0.833. The highest BCUT2D eigenvalue weighted by atomic mass is 16.4. The van der Waals surface area contributed by atoms with Gasteiger partial charge in [0.15, 0.2) is 0 Å². The molecule has 0 saturated carbocycles. The minimum atomic E-state index is -0.607. The topological polar surface area (TPSA) is 37.3 Å². The summed E-state index contributed by atoms with van der Waals surface area (Å²) >= 11 is 0. The second-order valence-corrected chi connectivity index (χ2v) is 5.78. The zero-order valence-corrected chi connectivity index (χ0v) is 13.6. The van der Waals surface area contributed by atoms with E-state index in [-0.39, 0.29) is 5.92 Å². The zero-order valence-electron chi connectivity index (χ0n) is 13.6. The Morgan fingerprint density at radius 3 is 1.95 bits per heavy atom. The smallest absolute Gasteiger partial charge is 0.306 e. The van der Waals surface area contributed by atoms with E-state index in [2.05, 4.69) is 26.0 Å². The van der Waals surface area contributed by atoms with Crippen molar-refractivity contribution in [3.8, 4) is 0 Å². The average molecular weight is 282 g/mol. The van der Waals surface area contributed by atoms with Crippen molar-refractivity contribution >= 4 is 5.97 Å². The first-order valence-corrected chi connectivity index (χ1v) is 8.60. The van der Waals surface area contributed by atoms with Gasteiger partial charge in [-0.05, 0) is 38.5 Å². The monoisotopic (exact) mass is 282 g/mol. The lowest BCUT2D eigenvalue weighted by atomic mass is 9.95. The Hall–Kier alpha value is -0.790. The standard InChI is InChI=1S/C18H34O2/c1-3-5-7-8-9-10-11-12-13-14-16-17(18(19)20)15-6-4-2/h10-11,17H,3-9,12-16H2,1-2H3,(H,19,20)/b11-10-/t17-/m1/s1. The largest absolute Gasteiger partial charge is 0.481 e. The normalized spacial score (nSPS) is 12.9. The molecule has 0 aromatic rings. The van der Waals surface area contributed by atoms with Crippen LogP contribution in [-0.2, 0) is 4.79 Å². The van der Waals surface area contributed by atoms with Crippen LogP contribution in [0.25, 0.3) is 0 Å². The molecule has 1 atom stereocenters. The third-order valence-corrected chi connectivity index (χ3v) is 3.82. The molecule has 0 fully saturated rings. The molecule has 0 amide bonds. The highest BCUT2D eigenvalue weighted by Crippen LogP contribution is 2.17. The van der Waals surface area contributed by atoms with Crippen LogP contribution < -0.4 is 0 Å². The summed E-state index contributed by atoms with van der Waals surface area (Å²) in [6.07, 6.45) is 18.2. The summed E-state index contributed by atoms with van der Waals surface area (Å²) in [5, 5.41) is 9.13. The summed E-state index contributed by atoms with van der Waals surface area (Å²) in [7, 11) is 0. The minimum absolute atomic E-state index is 0.118. The molecule has 0 unspecified atom stereocenters. The Balaban J connectivity index is 3.48. The number of hydrogen-bond donors (Lipinski definition) is 1. The van der Waals surface area contributed by atoms with Crippen LogP contribution >= 0.6 is 0 Å². The number of hydrogen-bond acceptors (Lipinski definition) is 1. The maximum atomic E-state index is 11.1. The van der Waals surface area contributed by atoms with Crippen LogP contribution in [0.3, 0.4) is 0 Å². The second-order valence-electron chi connectivity index (χ2n) is 5.78. The fourth-order valence-corrected chi connectivity index (χ4v) is 2.42. The van der Waals surface area contributed by atoms with Gasteiger partial charge >= 0.3 is 5.97 Å². The van der Waals surface area contributed by atoms with Gasteiger partial charge < -0.3 is 5.11 Å². The number of carboxylic acid groups (broad SMARTS) is 1. The highest BCUT2D eigenvalue weighted by Gasteiger charge is 2.15. The van der Waals surface area contributed by atoms with E-state index in [4.69, 9.17) is 5.11 Å². The molecule has 2 heteroatoms.